The molecule has 0 aliphatic rings. The molecule has 1 unspecified atom stereocenters. The van der Waals surface area contributed by atoms with Crippen molar-refractivity contribution in [3.63, 3.8) is 0 Å². The van der Waals surface area contributed by atoms with Gasteiger partial charge in [-0.2, -0.15) is 0 Å². The minimum absolute atomic E-state index is 0. The molecule has 1 aromatic rings. The van der Waals surface area contributed by atoms with E-state index in [1.165, 1.54) is 18.2 Å². The lowest BCUT2D eigenvalue weighted by Gasteiger charge is -2.12. The van der Waals surface area contributed by atoms with Gasteiger partial charge in [0, 0.05) is 0 Å². The van der Waals surface area contributed by atoms with Gasteiger partial charge in [-0.1, -0.05) is 6.07 Å². The van der Waals surface area contributed by atoms with Crippen molar-refractivity contribution in [2.75, 3.05) is 6.61 Å². The zero-order valence-electron chi connectivity index (χ0n) is 8.54. The van der Waals surface area contributed by atoms with Crippen molar-refractivity contribution in [1.82, 2.24) is 0 Å². The maximum atomic E-state index is 12.9. The molecule has 0 saturated heterocycles. The first kappa shape index (κ1) is 15.3. The van der Waals surface area contributed by atoms with Crippen LogP contribution >= 0.6 is 28.3 Å². The largest absolute Gasteiger partial charge is 0.479 e. The van der Waals surface area contributed by atoms with Crippen LogP contribution in [0.15, 0.2) is 22.7 Å². The lowest BCUT2D eigenvalue weighted by atomic mass is 10.1. The van der Waals surface area contributed by atoms with Crippen LogP contribution in [0.25, 0.3) is 0 Å². The Morgan fingerprint density at radius 3 is 2.75 bits per heavy atom. The van der Waals surface area contributed by atoms with Crippen LogP contribution in [-0.2, 0) is 4.74 Å². The summed E-state index contributed by atoms with van der Waals surface area (Å²) in [7, 11) is 0. The maximum Gasteiger partial charge on any atom is 0.214 e. The van der Waals surface area contributed by atoms with E-state index in [9.17, 15) is 9.50 Å². The Hall–Kier alpha value is -0.650. The Balaban J connectivity index is 0.00000225. The van der Waals surface area contributed by atoms with Gasteiger partial charge < -0.3 is 9.84 Å². The van der Waals surface area contributed by atoms with Crippen LogP contribution in [0, 0.1) is 11.2 Å². The van der Waals surface area contributed by atoms with Crippen LogP contribution < -0.4 is 0 Å². The topological polar surface area (TPSA) is 53.3 Å². The van der Waals surface area contributed by atoms with E-state index in [2.05, 4.69) is 15.9 Å². The van der Waals surface area contributed by atoms with Crippen LogP contribution in [0.1, 0.15) is 18.6 Å². The zero-order valence-corrected chi connectivity index (χ0v) is 10.9. The number of nitrogens with one attached hydrogen (secondary N) is 1. The van der Waals surface area contributed by atoms with Crippen LogP contribution in [0.3, 0.4) is 0 Å². The van der Waals surface area contributed by atoms with E-state index in [0.29, 0.717) is 12.2 Å². The third-order valence-corrected chi connectivity index (χ3v) is 2.42. The van der Waals surface area contributed by atoms with Gasteiger partial charge in [-0.25, -0.2) is 4.39 Å². The maximum absolute atomic E-state index is 12.9. The molecule has 0 aromatic heterocycles. The Morgan fingerprint density at radius 2 is 2.25 bits per heavy atom. The number of hydrogen-bond donors (Lipinski definition) is 2. The molecule has 0 saturated carbocycles. The van der Waals surface area contributed by atoms with E-state index < -0.39 is 11.9 Å². The molecule has 0 fully saturated rings. The summed E-state index contributed by atoms with van der Waals surface area (Å²) in [6.07, 6.45) is -1.15. The fraction of sp³-hybridized carbons (Fsp3) is 0.300. The van der Waals surface area contributed by atoms with Gasteiger partial charge in [0.15, 0.2) is 6.10 Å². The van der Waals surface area contributed by atoms with E-state index in [4.69, 9.17) is 10.1 Å². The quantitative estimate of drug-likeness (QED) is 0.666. The van der Waals surface area contributed by atoms with Gasteiger partial charge in [-0.05, 0) is 40.5 Å². The fourth-order valence-electron chi connectivity index (χ4n) is 1.07. The Bertz CT molecular complexity index is 376. The van der Waals surface area contributed by atoms with E-state index >= 15 is 0 Å². The molecule has 90 valence electrons. The lowest BCUT2D eigenvalue weighted by molar-refractivity contribution is 0.190. The smallest absolute Gasteiger partial charge is 0.214 e. The molecule has 1 rings (SSSR count). The first-order chi connectivity index (χ1) is 7.06. The van der Waals surface area contributed by atoms with Crippen LogP contribution in [0.4, 0.5) is 4.39 Å². The molecule has 2 N–H and O–H groups in total. The molecule has 0 spiro atoms. The van der Waals surface area contributed by atoms with E-state index in [0.717, 1.165) is 0 Å². The first-order valence-electron chi connectivity index (χ1n) is 4.40. The number of halogens is 3. The van der Waals surface area contributed by atoms with Crippen LogP contribution in [0.5, 0.6) is 0 Å². The monoisotopic (exact) mass is 311 g/mol. The molecule has 16 heavy (non-hydrogen) atoms. The van der Waals surface area contributed by atoms with E-state index in [-0.39, 0.29) is 22.8 Å². The molecule has 1 atom stereocenters. The van der Waals surface area contributed by atoms with Crippen LogP contribution in [-0.4, -0.2) is 17.6 Å². The summed E-state index contributed by atoms with van der Waals surface area (Å²) < 4.78 is 18.0. The van der Waals surface area contributed by atoms with Crippen molar-refractivity contribution >= 4 is 34.2 Å². The third kappa shape index (κ3) is 3.73. The average molecular weight is 313 g/mol. The summed E-state index contributed by atoms with van der Waals surface area (Å²) in [6.45, 7) is 2.04. The highest BCUT2D eigenvalue weighted by Gasteiger charge is 2.15. The lowest BCUT2D eigenvalue weighted by Crippen LogP contribution is -2.14. The summed E-state index contributed by atoms with van der Waals surface area (Å²) in [5.74, 6) is -0.648. The minimum Gasteiger partial charge on any atom is -0.479 e. The van der Waals surface area contributed by atoms with Crippen molar-refractivity contribution in [3.05, 3.63) is 34.1 Å². The molecule has 0 aliphatic heterocycles. The normalized spacial score (nSPS) is 11.5. The molecule has 0 bridgehead atoms. The standard InChI is InChI=1S/C10H11BrFNO2.ClH/c1-2-15-10(13)9(14)6-3-4-8(12)7(11)5-6;/h3-5,9,13-14H,2H2,1H3;1H. The number of benzene rings is 1. The van der Waals surface area contributed by atoms with Gasteiger partial charge in [0.05, 0.1) is 11.1 Å². The van der Waals surface area contributed by atoms with Gasteiger partial charge in [-0.15, -0.1) is 12.4 Å². The van der Waals surface area contributed by atoms with Gasteiger partial charge >= 0.3 is 0 Å². The average Bonchev–Trinajstić information content (AvgIpc) is 2.21. The number of hydrogen-bond acceptors (Lipinski definition) is 3. The highest BCUT2D eigenvalue weighted by Crippen LogP contribution is 2.22. The number of aliphatic hydroxyl groups excluding tert-OH is 1. The second-order valence-electron chi connectivity index (χ2n) is 2.87. The van der Waals surface area contributed by atoms with E-state index in [1.54, 1.807) is 6.92 Å². The van der Waals surface area contributed by atoms with Gasteiger partial charge in [-0.3, -0.25) is 5.41 Å². The fourth-order valence-corrected chi connectivity index (χ4v) is 1.46. The summed E-state index contributed by atoms with van der Waals surface area (Å²) in [5, 5.41) is 17.0. The van der Waals surface area contributed by atoms with Gasteiger partial charge in [0.2, 0.25) is 5.90 Å². The Kier molecular flexibility index (Phi) is 6.55. The molecule has 1 aromatic carbocycles. The molecule has 0 radical (unpaired) electrons. The molecular formula is C10H12BrClFNO2. The summed E-state index contributed by atoms with van der Waals surface area (Å²) in [4.78, 5) is 0. The van der Waals surface area contributed by atoms with Crippen molar-refractivity contribution in [2.24, 2.45) is 0 Å². The highest BCUT2D eigenvalue weighted by molar-refractivity contribution is 9.10. The Labute approximate surface area is 108 Å². The number of aliphatic hydroxyl groups is 1. The number of ether oxygens (including phenoxy) is 1. The summed E-state index contributed by atoms with van der Waals surface area (Å²) in [5.41, 5.74) is 0.418. The molecule has 0 heterocycles. The summed E-state index contributed by atoms with van der Waals surface area (Å²) in [6, 6.07) is 4.06. The van der Waals surface area contributed by atoms with Gasteiger partial charge in [0.1, 0.15) is 5.82 Å². The second-order valence-corrected chi connectivity index (χ2v) is 3.73. The first-order valence-corrected chi connectivity index (χ1v) is 5.19. The highest BCUT2D eigenvalue weighted by atomic mass is 79.9. The molecule has 6 heteroatoms. The van der Waals surface area contributed by atoms with E-state index in [1.807, 2.05) is 0 Å². The Morgan fingerprint density at radius 1 is 1.62 bits per heavy atom. The van der Waals surface area contributed by atoms with Crippen molar-refractivity contribution < 1.29 is 14.2 Å². The molecule has 3 nitrogen and oxygen atoms in total. The SMILES string of the molecule is CCOC(=N)C(O)c1ccc(F)c(Br)c1.Cl. The van der Waals surface area contributed by atoms with Crippen molar-refractivity contribution in [3.8, 4) is 0 Å². The molecule has 0 amide bonds. The van der Waals surface area contributed by atoms with Crippen molar-refractivity contribution in [2.45, 2.75) is 13.0 Å². The summed E-state index contributed by atoms with van der Waals surface area (Å²) >= 11 is 3.01. The van der Waals surface area contributed by atoms with Crippen molar-refractivity contribution in [1.29, 1.82) is 5.41 Å². The predicted octanol–water partition coefficient (Wildman–Crippen LogP) is 3.06. The zero-order chi connectivity index (χ0) is 11.4. The third-order valence-electron chi connectivity index (χ3n) is 1.81. The van der Waals surface area contributed by atoms with Crippen LogP contribution in [0.2, 0.25) is 0 Å². The van der Waals surface area contributed by atoms with Gasteiger partial charge in [0.25, 0.3) is 0 Å². The molecule has 0 aliphatic carbocycles. The minimum atomic E-state index is -1.15. The second kappa shape index (κ2) is 6.83. The predicted molar refractivity (Wildman–Crippen MR) is 65.7 cm³/mol. The molecular weight excluding hydrogens is 300 g/mol. The number of rotatable bonds is 3.